The quantitative estimate of drug-likeness (QED) is 0.466. The Bertz CT molecular complexity index is 1200. The highest BCUT2D eigenvalue weighted by Gasteiger charge is 2.24. The number of amides is 1. The predicted molar refractivity (Wildman–Crippen MR) is 121 cm³/mol. The average molecular weight is 434 g/mol. The smallest absolute Gasteiger partial charge is 0.293 e. The van der Waals surface area contributed by atoms with Gasteiger partial charge >= 0.3 is 0 Å². The summed E-state index contributed by atoms with van der Waals surface area (Å²) in [6.45, 7) is 3.02. The molecule has 1 aliphatic heterocycles. The molecule has 0 unspecified atom stereocenters. The van der Waals surface area contributed by atoms with Gasteiger partial charge in [0.05, 0.1) is 10.6 Å². The molecule has 1 saturated heterocycles. The summed E-state index contributed by atoms with van der Waals surface area (Å²) < 4.78 is 0. The van der Waals surface area contributed by atoms with Gasteiger partial charge in [-0.25, -0.2) is 5.10 Å². The van der Waals surface area contributed by atoms with Crippen molar-refractivity contribution in [3.05, 3.63) is 80.6 Å². The van der Waals surface area contributed by atoms with E-state index in [0.29, 0.717) is 35.7 Å². The van der Waals surface area contributed by atoms with Crippen LogP contribution in [0.4, 0.5) is 17.1 Å². The number of likely N-dealkylation sites (N-methyl/N-ethyl adjacent to an activating group) is 1. The highest BCUT2D eigenvalue weighted by molar-refractivity contribution is 6.05. The number of H-pyrrole nitrogens is 1. The monoisotopic (exact) mass is 434 g/mol. The number of piperazine rings is 1. The molecule has 0 bridgehead atoms. The number of rotatable bonds is 5. The van der Waals surface area contributed by atoms with E-state index in [1.165, 1.54) is 12.1 Å². The summed E-state index contributed by atoms with van der Waals surface area (Å²) in [7, 11) is 2.02. The van der Waals surface area contributed by atoms with Gasteiger partial charge in [-0.3, -0.25) is 19.7 Å². The molecule has 10 heteroatoms. The predicted octanol–water partition coefficient (Wildman–Crippen LogP) is 2.35. The number of carbonyl (C=O) groups is 1. The molecule has 10 nitrogen and oxygen atoms in total. The van der Waals surface area contributed by atoms with Crippen LogP contribution in [0.1, 0.15) is 10.4 Å². The van der Waals surface area contributed by atoms with Gasteiger partial charge in [0.25, 0.3) is 17.2 Å². The maximum absolute atomic E-state index is 12.8. The van der Waals surface area contributed by atoms with Crippen LogP contribution in [0.2, 0.25) is 0 Å². The number of carbonyl (C=O) groups excluding carboxylic acids is 1. The average Bonchev–Trinajstić information content (AvgIpc) is 2.80. The van der Waals surface area contributed by atoms with Crippen molar-refractivity contribution in [1.82, 2.24) is 15.1 Å². The molecule has 2 aromatic carbocycles. The maximum Gasteiger partial charge on any atom is 0.293 e. The molecule has 32 heavy (non-hydrogen) atoms. The van der Waals surface area contributed by atoms with Gasteiger partial charge in [-0.1, -0.05) is 12.1 Å². The molecular weight excluding hydrogens is 412 g/mol. The van der Waals surface area contributed by atoms with E-state index >= 15 is 0 Å². The van der Waals surface area contributed by atoms with Crippen LogP contribution in [0.15, 0.2) is 59.4 Å². The van der Waals surface area contributed by atoms with Crippen molar-refractivity contribution < 1.29 is 9.72 Å². The van der Waals surface area contributed by atoms with Crippen molar-refractivity contribution in [1.29, 1.82) is 0 Å². The Morgan fingerprint density at radius 2 is 1.88 bits per heavy atom. The van der Waals surface area contributed by atoms with Crippen molar-refractivity contribution in [2.75, 3.05) is 43.4 Å². The van der Waals surface area contributed by atoms with Crippen LogP contribution in [0.3, 0.4) is 0 Å². The summed E-state index contributed by atoms with van der Waals surface area (Å²) in [6.07, 6.45) is 0. The molecule has 0 spiro atoms. The van der Waals surface area contributed by atoms with E-state index in [1.54, 1.807) is 42.5 Å². The molecule has 3 aromatic rings. The standard InChI is InChI=1S/C22H22N6O4/c1-26-9-11-27(12-10-26)19-7-5-16(14-20(19)28(31)32)22(30)23-17-4-2-3-15(13-17)18-6-8-21(29)25-24-18/h2-8,13-14H,9-12H2,1H3,(H,23,30)(H,25,29). The maximum atomic E-state index is 12.8. The molecule has 164 valence electrons. The summed E-state index contributed by atoms with van der Waals surface area (Å²) in [5.74, 6) is -0.454. The Morgan fingerprint density at radius 3 is 2.56 bits per heavy atom. The first-order chi connectivity index (χ1) is 15.4. The van der Waals surface area contributed by atoms with Gasteiger partial charge in [-0.15, -0.1) is 0 Å². The van der Waals surface area contributed by atoms with E-state index in [2.05, 4.69) is 20.4 Å². The molecule has 0 aliphatic carbocycles. The van der Waals surface area contributed by atoms with Crippen molar-refractivity contribution in [2.24, 2.45) is 0 Å². The summed E-state index contributed by atoms with van der Waals surface area (Å²) in [4.78, 5) is 39.4. The van der Waals surface area contributed by atoms with Gasteiger partial charge < -0.3 is 15.1 Å². The number of hydrogen-bond acceptors (Lipinski definition) is 7. The Morgan fingerprint density at radius 1 is 1.09 bits per heavy atom. The van der Waals surface area contributed by atoms with Gasteiger partial charge in [-0.2, -0.15) is 5.10 Å². The number of nitro benzene ring substituents is 1. The van der Waals surface area contributed by atoms with Gasteiger partial charge in [0.1, 0.15) is 5.69 Å². The molecule has 2 heterocycles. The van der Waals surface area contributed by atoms with E-state index < -0.39 is 10.8 Å². The minimum atomic E-state index is -0.454. The fourth-order valence-electron chi connectivity index (χ4n) is 3.59. The highest BCUT2D eigenvalue weighted by atomic mass is 16.6. The van der Waals surface area contributed by atoms with E-state index in [4.69, 9.17) is 0 Å². The molecule has 2 N–H and O–H groups in total. The van der Waals surface area contributed by atoms with Crippen molar-refractivity contribution in [3.63, 3.8) is 0 Å². The normalized spacial score (nSPS) is 14.2. The minimum absolute atomic E-state index is 0.0895. The van der Waals surface area contributed by atoms with E-state index in [1.807, 2.05) is 11.9 Å². The Balaban J connectivity index is 1.55. The third-order valence-corrected chi connectivity index (χ3v) is 5.37. The van der Waals surface area contributed by atoms with Crippen molar-refractivity contribution >= 4 is 23.0 Å². The van der Waals surface area contributed by atoms with Gasteiger partial charge in [0.15, 0.2) is 0 Å². The Kier molecular flexibility index (Phi) is 5.95. The summed E-state index contributed by atoms with van der Waals surface area (Å²) in [5, 5.41) is 20.8. The second-order valence-electron chi connectivity index (χ2n) is 7.59. The lowest BCUT2D eigenvalue weighted by Gasteiger charge is -2.33. The highest BCUT2D eigenvalue weighted by Crippen LogP contribution is 2.30. The number of anilines is 2. The number of hydrogen-bond donors (Lipinski definition) is 2. The molecule has 1 aliphatic rings. The number of nitro groups is 1. The van der Waals surface area contributed by atoms with E-state index in [9.17, 15) is 19.7 Å². The van der Waals surface area contributed by atoms with Crippen molar-refractivity contribution in [3.8, 4) is 11.3 Å². The SMILES string of the molecule is CN1CCN(c2ccc(C(=O)Nc3cccc(-c4ccc(=O)[nH]n4)c3)cc2[N+](=O)[O-])CC1. The first-order valence-electron chi connectivity index (χ1n) is 10.1. The van der Waals surface area contributed by atoms with Crippen LogP contribution in [-0.4, -0.2) is 59.2 Å². The first-order valence-corrected chi connectivity index (χ1v) is 10.1. The zero-order valence-corrected chi connectivity index (χ0v) is 17.4. The number of benzene rings is 2. The van der Waals surface area contributed by atoms with Crippen LogP contribution < -0.4 is 15.8 Å². The molecule has 0 radical (unpaired) electrons. The second kappa shape index (κ2) is 8.98. The van der Waals surface area contributed by atoms with Crippen LogP contribution in [0, 0.1) is 10.1 Å². The molecule has 1 aromatic heterocycles. The lowest BCUT2D eigenvalue weighted by Crippen LogP contribution is -2.44. The van der Waals surface area contributed by atoms with Gasteiger partial charge in [-0.05, 0) is 37.4 Å². The third-order valence-electron chi connectivity index (χ3n) is 5.37. The fourth-order valence-corrected chi connectivity index (χ4v) is 3.59. The summed E-state index contributed by atoms with van der Waals surface area (Å²) >= 11 is 0. The number of aromatic amines is 1. The van der Waals surface area contributed by atoms with E-state index in [0.717, 1.165) is 13.1 Å². The first kappa shape index (κ1) is 21.2. The molecule has 1 fully saturated rings. The largest absolute Gasteiger partial charge is 0.363 e. The number of nitrogens with one attached hydrogen (secondary N) is 2. The van der Waals surface area contributed by atoms with Gasteiger partial charge in [0, 0.05) is 55.1 Å². The lowest BCUT2D eigenvalue weighted by molar-refractivity contribution is -0.384. The number of nitrogens with zero attached hydrogens (tertiary/aromatic N) is 4. The van der Waals surface area contributed by atoms with E-state index in [-0.39, 0.29) is 16.8 Å². The topological polar surface area (TPSA) is 124 Å². The van der Waals surface area contributed by atoms with Crippen LogP contribution in [0.25, 0.3) is 11.3 Å². The van der Waals surface area contributed by atoms with Crippen LogP contribution in [0.5, 0.6) is 0 Å². The molecule has 1 amide bonds. The summed E-state index contributed by atoms with van der Waals surface area (Å²) in [5.41, 5.74) is 2.08. The zero-order valence-electron chi connectivity index (χ0n) is 17.4. The molecule has 4 rings (SSSR count). The second-order valence-corrected chi connectivity index (χ2v) is 7.59. The fraction of sp³-hybridized carbons (Fsp3) is 0.227. The zero-order chi connectivity index (χ0) is 22.7. The van der Waals surface area contributed by atoms with Gasteiger partial charge in [0.2, 0.25) is 0 Å². The Labute approximate surface area is 183 Å². The number of aromatic nitrogens is 2. The molecule has 0 atom stereocenters. The summed E-state index contributed by atoms with van der Waals surface area (Å²) in [6, 6.07) is 14.5. The molecular formula is C22H22N6O4. The minimum Gasteiger partial charge on any atom is -0.363 e. The third kappa shape index (κ3) is 4.65. The lowest BCUT2D eigenvalue weighted by atomic mass is 10.1. The van der Waals surface area contributed by atoms with Crippen LogP contribution in [-0.2, 0) is 0 Å². The Hall–Kier alpha value is -4.05. The van der Waals surface area contributed by atoms with Crippen LogP contribution >= 0.6 is 0 Å². The van der Waals surface area contributed by atoms with Crippen molar-refractivity contribution in [2.45, 2.75) is 0 Å². The molecule has 0 saturated carbocycles.